The van der Waals surface area contributed by atoms with Crippen molar-refractivity contribution < 1.29 is 57.2 Å². The molecule has 1 N–H and O–H groups in total. The van der Waals surface area contributed by atoms with E-state index in [1.807, 2.05) is 0 Å². The van der Waals surface area contributed by atoms with Crippen molar-refractivity contribution in [2.45, 2.75) is 64.8 Å². The maximum absolute atomic E-state index is 13.3. The summed E-state index contributed by atoms with van der Waals surface area (Å²) in [7, 11) is 0. The summed E-state index contributed by atoms with van der Waals surface area (Å²) < 4.78 is 32.4. The van der Waals surface area contributed by atoms with E-state index >= 15 is 0 Å². The average molecular weight is 586 g/mol. The first-order chi connectivity index (χ1) is 19.9. The van der Waals surface area contributed by atoms with Crippen LogP contribution in [0.15, 0.2) is 54.6 Å². The van der Waals surface area contributed by atoms with E-state index in [0.29, 0.717) is 5.56 Å². The molecule has 0 bridgehead atoms. The van der Waals surface area contributed by atoms with Crippen molar-refractivity contribution >= 4 is 35.8 Å². The topological polar surface area (TPSA) is 170 Å². The molecule has 42 heavy (non-hydrogen) atoms. The molecule has 0 aliphatic carbocycles. The second kappa shape index (κ2) is 14.7. The SMILES string of the molecule is CC(=O)OC[C@@H]1O[C@H](OC(=O)Cc2ccccc2)[C@H](NC(=O)c2ccc(OC(C)=O)cc2)[C@@H](OC(C)=O)[C@@H]1OC(C)=O. The Labute approximate surface area is 241 Å². The molecular formula is C29H31NO12. The summed E-state index contributed by atoms with van der Waals surface area (Å²) in [5.74, 6) is -4.04. The highest BCUT2D eigenvalue weighted by atomic mass is 16.7. The van der Waals surface area contributed by atoms with Crippen LogP contribution in [-0.4, -0.2) is 73.0 Å². The van der Waals surface area contributed by atoms with Crippen LogP contribution in [0.5, 0.6) is 5.75 Å². The lowest BCUT2D eigenvalue weighted by molar-refractivity contribution is -0.270. The molecule has 0 saturated carbocycles. The van der Waals surface area contributed by atoms with Crippen molar-refractivity contribution in [3.63, 3.8) is 0 Å². The number of carbonyl (C=O) groups is 6. The number of benzene rings is 2. The maximum Gasteiger partial charge on any atom is 0.312 e. The van der Waals surface area contributed by atoms with E-state index in [9.17, 15) is 28.8 Å². The first-order valence-electron chi connectivity index (χ1n) is 12.9. The van der Waals surface area contributed by atoms with Crippen LogP contribution < -0.4 is 10.1 Å². The molecule has 0 radical (unpaired) electrons. The lowest BCUT2D eigenvalue weighted by Gasteiger charge is -2.44. The number of amides is 1. The lowest BCUT2D eigenvalue weighted by atomic mass is 9.95. The van der Waals surface area contributed by atoms with Crippen LogP contribution >= 0.6 is 0 Å². The number of ether oxygens (including phenoxy) is 6. The van der Waals surface area contributed by atoms with Crippen LogP contribution in [-0.2, 0) is 54.1 Å². The summed E-state index contributed by atoms with van der Waals surface area (Å²) in [6.45, 7) is 4.14. The van der Waals surface area contributed by atoms with E-state index in [4.69, 9.17) is 28.4 Å². The smallest absolute Gasteiger partial charge is 0.312 e. The van der Waals surface area contributed by atoms with Crippen LogP contribution in [0.2, 0.25) is 0 Å². The number of esters is 5. The molecule has 224 valence electrons. The Morgan fingerprint density at radius 2 is 1.36 bits per heavy atom. The summed E-state index contributed by atoms with van der Waals surface area (Å²) in [6, 6.07) is 12.8. The van der Waals surface area contributed by atoms with E-state index < -0.39 is 73.0 Å². The first-order valence-corrected chi connectivity index (χ1v) is 12.9. The molecule has 5 atom stereocenters. The molecule has 0 unspecified atom stereocenters. The highest BCUT2D eigenvalue weighted by Crippen LogP contribution is 2.29. The molecule has 13 nitrogen and oxygen atoms in total. The standard InChI is InChI=1S/C29H31NO12/c1-16(31)37-15-23-26(39-18(3)33)27(40-19(4)34)25(29(41-23)42-24(35)14-20-8-6-5-7-9-20)30-28(36)21-10-12-22(13-11-21)38-17(2)32/h5-13,23,25-27,29H,14-15H2,1-4H3,(H,30,36)/t23-,25+,26+,27+,29+/m0/s1. The van der Waals surface area contributed by atoms with Crippen molar-refractivity contribution in [2.24, 2.45) is 0 Å². The van der Waals surface area contributed by atoms with Gasteiger partial charge in [-0.2, -0.15) is 0 Å². The number of carbonyl (C=O) groups excluding carboxylic acids is 6. The molecule has 2 aromatic carbocycles. The van der Waals surface area contributed by atoms with Gasteiger partial charge < -0.3 is 33.7 Å². The number of hydrogen-bond acceptors (Lipinski definition) is 12. The zero-order valence-electron chi connectivity index (χ0n) is 23.4. The molecule has 1 fully saturated rings. The molecule has 1 aliphatic heterocycles. The second-order valence-electron chi connectivity index (χ2n) is 9.26. The summed E-state index contributed by atoms with van der Waals surface area (Å²) >= 11 is 0. The fraction of sp³-hybridized carbons (Fsp3) is 0.379. The van der Waals surface area contributed by atoms with E-state index in [1.165, 1.54) is 31.2 Å². The molecule has 1 saturated heterocycles. The maximum atomic E-state index is 13.3. The second-order valence-corrected chi connectivity index (χ2v) is 9.26. The Balaban J connectivity index is 1.96. The van der Waals surface area contributed by atoms with Crippen LogP contribution in [0.4, 0.5) is 0 Å². The van der Waals surface area contributed by atoms with Gasteiger partial charge in [-0.05, 0) is 29.8 Å². The van der Waals surface area contributed by atoms with Gasteiger partial charge in [-0.15, -0.1) is 0 Å². The molecule has 1 aliphatic rings. The molecule has 1 heterocycles. The third-order valence-corrected chi connectivity index (χ3v) is 5.82. The quantitative estimate of drug-likeness (QED) is 0.243. The summed E-state index contributed by atoms with van der Waals surface area (Å²) in [6.07, 6.45) is -5.76. The van der Waals surface area contributed by atoms with Gasteiger partial charge in [-0.1, -0.05) is 30.3 Å². The molecule has 13 heteroatoms. The third-order valence-electron chi connectivity index (χ3n) is 5.82. The molecule has 0 spiro atoms. The van der Waals surface area contributed by atoms with Crippen molar-refractivity contribution in [2.75, 3.05) is 6.61 Å². The molecule has 0 aromatic heterocycles. The van der Waals surface area contributed by atoms with Gasteiger partial charge in [-0.3, -0.25) is 28.8 Å². The molecular weight excluding hydrogens is 554 g/mol. The van der Waals surface area contributed by atoms with E-state index in [0.717, 1.165) is 20.8 Å². The molecule has 3 rings (SSSR count). The van der Waals surface area contributed by atoms with Crippen LogP contribution in [0, 0.1) is 0 Å². The van der Waals surface area contributed by atoms with Crippen LogP contribution in [0.3, 0.4) is 0 Å². The summed E-state index contributed by atoms with van der Waals surface area (Å²) in [5.41, 5.74) is 0.741. The largest absolute Gasteiger partial charge is 0.463 e. The number of hydrogen-bond donors (Lipinski definition) is 1. The van der Waals surface area contributed by atoms with E-state index in [-0.39, 0.29) is 17.7 Å². The van der Waals surface area contributed by atoms with Gasteiger partial charge in [0, 0.05) is 33.3 Å². The van der Waals surface area contributed by atoms with E-state index in [2.05, 4.69) is 5.32 Å². The predicted octanol–water partition coefficient (Wildman–Crippen LogP) is 1.65. The van der Waals surface area contributed by atoms with Gasteiger partial charge >= 0.3 is 29.8 Å². The lowest BCUT2D eigenvalue weighted by Crippen LogP contribution is -2.67. The van der Waals surface area contributed by atoms with Crippen molar-refractivity contribution in [3.8, 4) is 5.75 Å². The fourth-order valence-corrected chi connectivity index (χ4v) is 4.17. The van der Waals surface area contributed by atoms with Crippen molar-refractivity contribution in [3.05, 3.63) is 65.7 Å². The first kappa shape index (κ1) is 31.7. The Bertz CT molecular complexity index is 1290. The summed E-state index contributed by atoms with van der Waals surface area (Å²) in [5, 5.41) is 2.63. The van der Waals surface area contributed by atoms with Gasteiger partial charge in [0.15, 0.2) is 12.2 Å². The Kier molecular flexibility index (Phi) is 11.1. The van der Waals surface area contributed by atoms with Crippen LogP contribution in [0.1, 0.15) is 43.6 Å². The monoisotopic (exact) mass is 585 g/mol. The minimum atomic E-state index is -1.57. The van der Waals surface area contributed by atoms with Gasteiger partial charge in [-0.25, -0.2) is 0 Å². The zero-order valence-corrected chi connectivity index (χ0v) is 23.4. The minimum Gasteiger partial charge on any atom is -0.463 e. The van der Waals surface area contributed by atoms with Crippen molar-refractivity contribution in [1.29, 1.82) is 0 Å². The van der Waals surface area contributed by atoms with Gasteiger partial charge in [0.25, 0.3) is 5.91 Å². The minimum absolute atomic E-state index is 0.105. The normalized spacial score (nSPS) is 21.3. The molecule has 2 aromatic rings. The molecule has 1 amide bonds. The van der Waals surface area contributed by atoms with Gasteiger partial charge in [0.2, 0.25) is 6.29 Å². The Hall–Kier alpha value is -4.78. The summed E-state index contributed by atoms with van der Waals surface area (Å²) in [4.78, 5) is 73.2. The van der Waals surface area contributed by atoms with Crippen LogP contribution in [0.25, 0.3) is 0 Å². The highest BCUT2D eigenvalue weighted by molar-refractivity contribution is 5.94. The third kappa shape index (κ3) is 9.41. The average Bonchev–Trinajstić information content (AvgIpc) is 2.91. The Morgan fingerprint density at radius 3 is 1.93 bits per heavy atom. The van der Waals surface area contributed by atoms with E-state index in [1.54, 1.807) is 30.3 Å². The van der Waals surface area contributed by atoms with Gasteiger partial charge in [0.05, 0.1) is 6.42 Å². The highest BCUT2D eigenvalue weighted by Gasteiger charge is 2.52. The predicted molar refractivity (Wildman–Crippen MR) is 142 cm³/mol. The fourth-order valence-electron chi connectivity index (χ4n) is 4.17. The number of rotatable bonds is 10. The Morgan fingerprint density at radius 1 is 0.738 bits per heavy atom. The zero-order chi connectivity index (χ0) is 30.8. The number of nitrogens with one attached hydrogen (secondary N) is 1. The van der Waals surface area contributed by atoms with Crippen molar-refractivity contribution in [1.82, 2.24) is 5.32 Å². The van der Waals surface area contributed by atoms with Gasteiger partial charge in [0.1, 0.15) is 24.5 Å².